The van der Waals surface area contributed by atoms with Gasteiger partial charge < -0.3 is 19.7 Å². The second-order valence-corrected chi connectivity index (χ2v) is 7.51. The zero-order chi connectivity index (χ0) is 18.1. The third kappa shape index (κ3) is 3.13. The number of nitrogens with one attached hydrogen (secondary N) is 1. The smallest absolute Gasteiger partial charge is 0.255 e. The molecule has 1 aromatic heterocycles. The van der Waals surface area contributed by atoms with Crippen LogP contribution in [0.3, 0.4) is 0 Å². The Morgan fingerprint density at radius 3 is 3.00 bits per heavy atom. The molecule has 3 heterocycles. The van der Waals surface area contributed by atoms with Crippen LogP contribution < -0.4 is 0 Å². The summed E-state index contributed by atoms with van der Waals surface area (Å²) in [5, 5.41) is 12.4. The number of likely N-dealkylation sites (tertiary alicyclic amines) is 1. The maximum atomic E-state index is 12.8. The summed E-state index contributed by atoms with van der Waals surface area (Å²) in [4.78, 5) is 20.3. The molecule has 0 bridgehead atoms. The van der Waals surface area contributed by atoms with Gasteiger partial charge in [0.1, 0.15) is 0 Å². The van der Waals surface area contributed by atoms with E-state index in [2.05, 4.69) is 28.1 Å². The summed E-state index contributed by atoms with van der Waals surface area (Å²) in [5.41, 5.74) is 2.47. The van der Waals surface area contributed by atoms with E-state index in [4.69, 9.17) is 4.74 Å². The maximum Gasteiger partial charge on any atom is 0.255 e. The van der Waals surface area contributed by atoms with Gasteiger partial charge >= 0.3 is 0 Å². The highest BCUT2D eigenvalue weighted by atomic mass is 16.5. The van der Waals surface area contributed by atoms with Crippen LogP contribution in [0.15, 0.2) is 24.3 Å². The van der Waals surface area contributed by atoms with Gasteiger partial charge in [0.15, 0.2) is 5.60 Å². The van der Waals surface area contributed by atoms with Crippen molar-refractivity contribution in [1.82, 2.24) is 14.8 Å². The third-order valence-electron chi connectivity index (χ3n) is 5.72. The van der Waals surface area contributed by atoms with Gasteiger partial charge in [-0.15, -0.1) is 0 Å². The number of H-pyrrole nitrogens is 1. The summed E-state index contributed by atoms with van der Waals surface area (Å²) in [6, 6.07) is 8.37. The number of fused-ring (bicyclic) bond motifs is 3. The quantitative estimate of drug-likeness (QED) is 0.851. The number of aromatic nitrogens is 1. The molecule has 6 heteroatoms. The van der Waals surface area contributed by atoms with Crippen molar-refractivity contribution in [3.8, 4) is 0 Å². The molecule has 26 heavy (non-hydrogen) atoms. The van der Waals surface area contributed by atoms with Gasteiger partial charge in [-0.3, -0.25) is 9.69 Å². The number of carbonyl (C=O) groups is 1. The Hall–Kier alpha value is -1.89. The normalized spacial score (nSPS) is 24.2. The zero-order valence-electron chi connectivity index (χ0n) is 15.3. The van der Waals surface area contributed by atoms with E-state index in [0.717, 1.165) is 31.4 Å². The molecule has 0 saturated carbocycles. The number of piperidine rings is 1. The fourth-order valence-electron chi connectivity index (χ4n) is 4.38. The minimum atomic E-state index is -1.28. The van der Waals surface area contributed by atoms with Crippen LogP contribution in [0.1, 0.15) is 24.1 Å². The van der Waals surface area contributed by atoms with Crippen molar-refractivity contribution >= 4 is 16.8 Å². The molecule has 2 aromatic rings. The number of carbonyl (C=O) groups excluding carboxylic acids is 1. The van der Waals surface area contributed by atoms with Crippen molar-refractivity contribution in [3.05, 3.63) is 35.5 Å². The molecule has 0 aliphatic carbocycles. The van der Waals surface area contributed by atoms with Crippen LogP contribution in [0.2, 0.25) is 0 Å². The summed E-state index contributed by atoms with van der Waals surface area (Å²) in [5.74, 6) is -0.150. The number of methoxy groups -OCH3 is 1. The lowest BCUT2D eigenvalue weighted by Gasteiger charge is -2.41. The highest BCUT2D eigenvalue weighted by Gasteiger charge is 2.43. The molecule has 6 nitrogen and oxygen atoms in total. The Kier molecular flexibility index (Phi) is 4.73. The van der Waals surface area contributed by atoms with Gasteiger partial charge in [0.25, 0.3) is 5.91 Å². The number of rotatable bonds is 5. The summed E-state index contributed by atoms with van der Waals surface area (Å²) in [7, 11) is 1.63. The van der Waals surface area contributed by atoms with Gasteiger partial charge in [0.2, 0.25) is 0 Å². The van der Waals surface area contributed by atoms with E-state index in [0.29, 0.717) is 32.7 Å². The van der Waals surface area contributed by atoms with Crippen molar-refractivity contribution in [3.63, 3.8) is 0 Å². The van der Waals surface area contributed by atoms with Crippen molar-refractivity contribution in [1.29, 1.82) is 0 Å². The van der Waals surface area contributed by atoms with Gasteiger partial charge in [0.05, 0.1) is 6.61 Å². The molecule has 0 spiro atoms. The molecular formula is C20H27N3O3. The predicted molar refractivity (Wildman–Crippen MR) is 99.9 cm³/mol. The summed E-state index contributed by atoms with van der Waals surface area (Å²) >= 11 is 0. The first-order valence-electron chi connectivity index (χ1n) is 9.42. The number of aliphatic hydroxyl groups is 1. The van der Waals surface area contributed by atoms with E-state index < -0.39 is 5.60 Å². The van der Waals surface area contributed by atoms with E-state index in [1.165, 1.54) is 16.6 Å². The SMILES string of the molecule is COCCN1CCCC(O)(CN2CCc3c([nH]c4ccccc34)C2)C1=O. The van der Waals surface area contributed by atoms with Crippen LogP contribution in [0, 0.1) is 0 Å². The topological polar surface area (TPSA) is 68.8 Å². The molecule has 4 rings (SSSR count). The number of benzene rings is 1. The molecule has 1 unspecified atom stereocenters. The highest BCUT2D eigenvalue weighted by molar-refractivity contribution is 5.86. The molecule has 2 aliphatic heterocycles. The van der Waals surface area contributed by atoms with Crippen molar-refractivity contribution in [2.75, 3.05) is 39.9 Å². The van der Waals surface area contributed by atoms with Gasteiger partial charge in [0, 0.05) is 56.4 Å². The molecule has 1 amide bonds. The molecular weight excluding hydrogens is 330 g/mol. The number of para-hydroxylation sites is 1. The van der Waals surface area contributed by atoms with E-state index in [-0.39, 0.29) is 5.91 Å². The molecule has 140 valence electrons. The summed E-state index contributed by atoms with van der Waals surface area (Å²) in [6.45, 7) is 3.76. The van der Waals surface area contributed by atoms with Gasteiger partial charge in [-0.2, -0.15) is 0 Å². The van der Waals surface area contributed by atoms with Crippen LogP contribution >= 0.6 is 0 Å². The van der Waals surface area contributed by atoms with Crippen LogP contribution in [0.5, 0.6) is 0 Å². The molecule has 0 radical (unpaired) electrons. The lowest BCUT2D eigenvalue weighted by Crippen LogP contribution is -2.59. The number of aromatic amines is 1. The van der Waals surface area contributed by atoms with Crippen LogP contribution in [0.25, 0.3) is 10.9 Å². The lowest BCUT2D eigenvalue weighted by atomic mass is 9.90. The average Bonchev–Trinajstić information content (AvgIpc) is 3.01. The van der Waals surface area contributed by atoms with Gasteiger partial charge in [-0.1, -0.05) is 18.2 Å². The number of hydrogen-bond donors (Lipinski definition) is 2. The van der Waals surface area contributed by atoms with E-state index in [1.807, 2.05) is 6.07 Å². The zero-order valence-corrected chi connectivity index (χ0v) is 15.3. The average molecular weight is 357 g/mol. The minimum Gasteiger partial charge on any atom is -0.383 e. The fourth-order valence-corrected chi connectivity index (χ4v) is 4.38. The minimum absolute atomic E-state index is 0.150. The molecule has 2 aliphatic rings. The Bertz CT molecular complexity index is 803. The number of hydrogen-bond acceptors (Lipinski definition) is 4. The number of amides is 1. The Morgan fingerprint density at radius 1 is 1.31 bits per heavy atom. The van der Waals surface area contributed by atoms with Gasteiger partial charge in [-0.25, -0.2) is 0 Å². The van der Waals surface area contributed by atoms with E-state index in [9.17, 15) is 9.90 Å². The number of β-amino-alcohol motifs (C(OH)–C–C–N with tert-alkyl or cyclic N) is 1. The van der Waals surface area contributed by atoms with Crippen LogP contribution in [-0.2, 0) is 22.5 Å². The largest absolute Gasteiger partial charge is 0.383 e. The van der Waals surface area contributed by atoms with E-state index >= 15 is 0 Å². The second-order valence-electron chi connectivity index (χ2n) is 7.51. The third-order valence-corrected chi connectivity index (χ3v) is 5.72. The Morgan fingerprint density at radius 2 is 2.15 bits per heavy atom. The number of nitrogens with zero attached hydrogens (tertiary/aromatic N) is 2. The summed E-state index contributed by atoms with van der Waals surface area (Å²) in [6.07, 6.45) is 2.31. The molecule has 1 fully saturated rings. The monoisotopic (exact) mass is 357 g/mol. The summed E-state index contributed by atoms with van der Waals surface area (Å²) < 4.78 is 5.09. The van der Waals surface area contributed by atoms with Crippen molar-refractivity contribution in [2.24, 2.45) is 0 Å². The standard InChI is InChI=1S/C20H27N3O3/c1-26-12-11-23-9-4-8-20(25,19(23)24)14-22-10-7-16-15-5-2-3-6-17(15)21-18(16)13-22/h2-3,5-6,21,25H,4,7-14H2,1H3. The van der Waals surface area contributed by atoms with Crippen molar-refractivity contribution in [2.45, 2.75) is 31.4 Å². The van der Waals surface area contributed by atoms with E-state index in [1.54, 1.807) is 12.0 Å². The van der Waals surface area contributed by atoms with Crippen LogP contribution in [-0.4, -0.2) is 71.3 Å². The molecule has 1 saturated heterocycles. The molecule has 1 aromatic carbocycles. The van der Waals surface area contributed by atoms with Gasteiger partial charge in [-0.05, 0) is 30.9 Å². The second kappa shape index (κ2) is 7.02. The number of ether oxygens (including phenoxy) is 1. The first-order valence-corrected chi connectivity index (χ1v) is 9.42. The van der Waals surface area contributed by atoms with Crippen molar-refractivity contribution < 1.29 is 14.6 Å². The highest BCUT2D eigenvalue weighted by Crippen LogP contribution is 2.30. The first kappa shape index (κ1) is 17.5. The molecule has 1 atom stereocenters. The maximum absolute atomic E-state index is 12.8. The van der Waals surface area contributed by atoms with Crippen LogP contribution in [0.4, 0.5) is 0 Å². The Labute approximate surface area is 153 Å². The predicted octanol–water partition coefficient (Wildman–Crippen LogP) is 1.53. The molecule has 2 N–H and O–H groups in total. The Balaban J connectivity index is 1.48. The first-order chi connectivity index (χ1) is 12.6. The fraction of sp³-hybridized carbons (Fsp3) is 0.550. The lowest BCUT2D eigenvalue weighted by molar-refractivity contribution is -0.160.